The highest BCUT2D eigenvalue weighted by Gasteiger charge is 2.15. The molecule has 0 aliphatic heterocycles. The van der Waals surface area contributed by atoms with Crippen molar-refractivity contribution in [2.24, 2.45) is 0 Å². The zero-order valence-corrected chi connectivity index (χ0v) is 13.7. The molecule has 0 aliphatic rings. The molecule has 124 valence electrons. The molecule has 0 radical (unpaired) electrons. The topological polar surface area (TPSA) is 59.3 Å². The standard InChI is InChI=1S/C19H12FNO3S/c20-12-7-5-11(6-8-12)10-21-18(22)16-9-14-17(25-16)13-3-1-2-4-15(13)24-19(14)23/h1-9H,10H2,(H,21,22). The molecule has 0 bridgehead atoms. The van der Waals surface area contributed by atoms with Crippen LogP contribution in [0.1, 0.15) is 15.2 Å². The van der Waals surface area contributed by atoms with Crippen molar-refractivity contribution in [1.82, 2.24) is 5.32 Å². The van der Waals surface area contributed by atoms with Gasteiger partial charge in [-0.25, -0.2) is 9.18 Å². The fourth-order valence-corrected chi connectivity index (χ4v) is 3.72. The molecule has 6 heteroatoms. The molecule has 0 atom stereocenters. The van der Waals surface area contributed by atoms with Gasteiger partial charge in [0.2, 0.25) is 0 Å². The summed E-state index contributed by atoms with van der Waals surface area (Å²) in [4.78, 5) is 24.9. The van der Waals surface area contributed by atoms with Gasteiger partial charge in [0.15, 0.2) is 0 Å². The van der Waals surface area contributed by atoms with Crippen molar-refractivity contribution in [2.75, 3.05) is 0 Å². The van der Waals surface area contributed by atoms with Crippen LogP contribution in [0.2, 0.25) is 0 Å². The maximum absolute atomic E-state index is 12.9. The molecule has 2 aromatic heterocycles. The molecular formula is C19H12FNO3S. The smallest absolute Gasteiger partial charge is 0.345 e. The average Bonchev–Trinajstić information content (AvgIpc) is 3.07. The Morgan fingerprint density at radius 1 is 1.08 bits per heavy atom. The van der Waals surface area contributed by atoms with Crippen molar-refractivity contribution in [3.63, 3.8) is 0 Å². The van der Waals surface area contributed by atoms with Crippen LogP contribution in [0.15, 0.2) is 63.8 Å². The molecule has 1 amide bonds. The second-order valence-electron chi connectivity index (χ2n) is 5.55. The number of carbonyl (C=O) groups is 1. The number of benzene rings is 2. The molecule has 4 nitrogen and oxygen atoms in total. The normalized spacial score (nSPS) is 11.1. The van der Waals surface area contributed by atoms with Gasteiger partial charge in [0, 0.05) is 11.9 Å². The number of nitrogens with one attached hydrogen (secondary N) is 1. The second kappa shape index (κ2) is 6.14. The molecule has 25 heavy (non-hydrogen) atoms. The first kappa shape index (κ1) is 15.5. The molecule has 4 aromatic rings. The summed E-state index contributed by atoms with van der Waals surface area (Å²) in [5.74, 6) is -0.604. The van der Waals surface area contributed by atoms with E-state index in [1.165, 1.54) is 23.5 Å². The Bertz CT molecular complexity index is 1140. The number of carbonyl (C=O) groups excluding carboxylic acids is 1. The van der Waals surface area contributed by atoms with Crippen LogP contribution in [-0.2, 0) is 6.54 Å². The first-order valence-electron chi connectivity index (χ1n) is 7.60. The number of rotatable bonds is 3. The number of thiophene rings is 1. The minimum absolute atomic E-state index is 0.280. The molecular weight excluding hydrogens is 341 g/mol. The van der Waals surface area contributed by atoms with Crippen molar-refractivity contribution < 1.29 is 13.6 Å². The first-order chi connectivity index (χ1) is 12.1. The van der Waals surface area contributed by atoms with Crippen LogP contribution in [-0.4, -0.2) is 5.91 Å². The third-order valence-electron chi connectivity index (χ3n) is 3.88. The Hall–Kier alpha value is -2.99. The Labute approximate surface area is 145 Å². The lowest BCUT2D eigenvalue weighted by Crippen LogP contribution is -2.21. The van der Waals surface area contributed by atoms with E-state index in [0.29, 0.717) is 15.8 Å². The van der Waals surface area contributed by atoms with Gasteiger partial charge >= 0.3 is 5.63 Å². The molecule has 0 spiro atoms. The maximum Gasteiger partial charge on any atom is 0.345 e. The van der Waals surface area contributed by atoms with Gasteiger partial charge in [-0.2, -0.15) is 0 Å². The van der Waals surface area contributed by atoms with Gasteiger partial charge in [-0.3, -0.25) is 4.79 Å². The van der Waals surface area contributed by atoms with Crippen molar-refractivity contribution in [3.8, 4) is 0 Å². The number of hydrogen-bond donors (Lipinski definition) is 1. The summed E-state index contributed by atoms with van der Waals surface area (Å²) in [5.41, 5.74) is 0.837. The van der Waals surface area contributed by atoms with Gasteiger partial charge in [-0.05, 0) is 35.9 Å². The fourth-order valence-electron chi connectivity index (χ4n) is 2.62. The molecule has 0 unspecified atom stereocenters. The Kier molecular flexibility index (Phi) is 3.82. The van der Waals surface area contributed by atoms with Gasteiger partial charge < -0.3 is 9.73 Å². The summed E-state index contributed by atoms with van der Waals surface area (Å²) in [7, 11) is 0. The summed E-state index contributed by atoms with van der Waals surface area (Å²) in [6.45, 7) is 0.280. The fraction of sp³-hybridized carbons (Fsp3) is 0.0526. The van der Waals surface area contributed by atoms with E-state index in [0.717, 1.165) is 15.6 Å². The Morgan fingerprint density at radius 3 is 2.64 bits per heavy atom. The lowest BCUT2D eigenvalue weighted by molar-refractivity contribution is 0.0955. The summed E-state index contributed by atoms with van der Waals surface area (Å²) in [6, 6.07) is 14.7. The van der Waals surface area contributed by atoms with E-state index in [2.05, 4.69) is 5.32 Å². The van der Waals surface area contributed by atoms with Crippen molar-refractivity contribution >= 4 is 38.3 Å². The molecule has 1 N–H and O–H groups in total. The van der Waals surface area contributed by atoms with Crippen LogP contribution < -0.4 is 10.9 Å². The van der Waals surface area contributed by atoms with Crippen LogP contribution >= 0.6 is 11.3 Å². The van der Waals surface area contributed by atoms with E-state index >= 15 is 0 Å². The summed E-state index contributed by atoms with van der Waals surface area (Å²) < 4.78 is 18.9. The predicted molar refractivity (Wildman–Crippen MR) is 95.4 cm³/mol. The number of amides is 1. The SMILES string of the molecule is O=C(NCc1ccc(F)cc1)c1cc2c(=O)oc3ccccc3c2s1. The summed E-state index contributed by atoms with van der Waals surface area (Å²) in [6.07, 6.45) is 0. The molecule has 0 aliphatic carbocycles. The number of halogens is 1. The molecule has 0 saturated heterocycles. The zero-order chi connectivity index (χ0) is 17.4. The van der Waals surface area contributed by atoms with E-state index < -0.39 is 5.63 Å². The third kappa shape index (κ3) is 2.92. The van der Waals surface area contributed by atoms with Gasteiger partial charge in [0.25, 0.3) is 5.91 Å². The van der Waals surface area contributed by atoms with E-state index in [1.807, 2.05) is 12.1 Å². The molecule has 4 rings (SSSR count). The lowest BCUT2D eigenvalue weighted by Gasteiger charge is -2.03. The van der Waals surface area contributed by atoms with Gasteiger partial charge in [-0.1, -0.05) is 24.3 Å². The summed E-state index contributed by atoms with van der Waals surface area (Å²) >= 11 is 1.25. The van der Waals surface area contributed by atoms with E-state index in [1.54, 1.807) is 30.3 Å². The first-order valence-corrected chi connectivity index (χ1v) is 8.41. The largest absolute Gasteiger partial charge is 0.422 e. The lowest BCUT2D eigenvalue weighted by atomic mass is 10.2. The van der Waals surface area contributed by atoms with E-state index in [-0.39, 0.29) is 18.3 Å². The highest BCUT2D eigenvalue weighted by Crippen LogP contribution is 2.30. The third-order valence-corrected chi connectivity index (χ3v) is 5.04. The van der Waals surface area contributed by atoms with Gasteiger partial charge in [-0.15, -0.1) is 11.3 Å². The van der Waals surface area contributed by atoms with Crippen LogP contribution in [0.4, 0.5) is 4.39 Å². The van der Waals surface area contributed by atoms with E-state index in [4.69, 9.17) is 4.42 Å². The summed E-state index contributed by atoms with van der Waals surface area (Å²) in [5, 5.41) is 3.98. The predicted octanol–water partition coefficient (Wildman–Crippen LogP) is 4.08. The van der Waals surface area contributed by atoms with Crippen molar-refractivity contribution in [2.45, 2.75) is 6.54 Å². The molecule has 2 aromatic carbocycles. The second-order valence-corrected chi connectivity index (χ2v) is 6.60. The highest BCUT2D eigenvalue weighted by atomic mass is 32.1. The van der Waals surface area contributed by atoms with Crippen LogP contribution in [0, 0.1) is 5.82 Å². The zero-order valence-electron chi connectivity index (χ0n) is 12.9. The van der Waals surface area contributed by atoms with Crippen LogP contribution in [0.3, 0.4) is 0 Å². The minimum atomic E-state index is -0.456. The monoisotopic (exact) mass is 353 g/mol. The van der Waals surface area contributed by atoms with Crippen molar-refractivity contribution in [3.05, 3.63) is 81.3 Å². The maximum atomic E-state index is 12.9. The van der Waals surface area contributed by atoms with Crippen LogP contribution in [0.25, 0.3) is 21.1 Å². The Morgan fingerprint density at radius 2 is 1.84 bits per heavy atom. The number of fused-ring (bicyclic) bond motifs is 3. The van der Waals surface area contributed by atoms with Crippen LogP contribution in [0.5, 0.6) is 0 Å². The highest BCUT2D eigenvalue weighted by molar-refractivity contribution is 7.21. The molecule has 0 fully saturated rings. The van der Waals surface area contributed by atoms with Gasteiger partial charge in [0.05, 0.1) is 15.0 Å². The molecule has 2 heterocycles. The van der Waals surface area contributed by atoms with Crippen molar-refractivity contribution in [1.29, 1.82) is 0 Å². The van der Waals surface area contributed by atoms with Gasteiger partial charge in [0.1, 0.15) is 11.4 Å². The van der Waals surface area contributed by atoms with E-state index in [9.17, 15) is 14.0 Å². The Balaban J connectivity index is 1.66. The quantitative estimate of drug-likeness (QED) is 0.565. The minimum Gasteiger partial charge on any atom is -0.422 e. The molecule has 0 saturated carbocycles. The number of para-hydroxylation sites is 1. The average molecular weight is 353 g/mol. The number of hydrogen-bond acceptors (Lipinski definition) is 4.